The number of nitrogens with one attached hydrogen (secondary N) is 1. The molecule has 124 valence electrons. The lowest BCUT2D eigenvalue weighted by atomic mass is 10.0. The van der Waals surface area contributed by atoms with Crippen LogP contribution >= 0.6 is 0 Å². The minimum absolute atomic E-state index is 0.119. The predicted molar refractivity (Wildman–Crippen MR) is 90.5 cm³/mol. The first-order valence-electron chi connectivity index (χ1n) is 8.09. The zero-order valence-corrected chi connectivity index (χ0v) is 14.7. The summed E-state index contributed by atoms with van der Waals surface area (Å²) in [5.74, 6) is 0.738. The zero-order chi connectivity index (χ0) is 16.8. The topological polar surface area (TPSA) is 47.6 Å². The van der Waals surface area contributed by atoms with Crippen LogP contribution in [-0.4, -0.2) is 24.2 Å². The molecule has 0 unspecified atom stereocenters. The third-order valence-corrected chi connectivity index (χ3v) is 3.95. The molecule has 1 aromatic rings. The fraction of sp³-hybridized carbons (Fsp3) is 0.611. The van der Waals surface area contributed by atoms with Crippen LogP contribution in [0.2, 0.25) is 0 Å². The highest BCUT2D eigenvalue weighted by atomic mass is 16.5. The van der Waals surface area contributed by atoms with Crippen LogP contribution < -0.4 is 10.1 Å². The molecule has 0 aliphatic rings. The Kier molecular flexibility index (Phi) is 6.88. The molecule has 0 spiro atoms. The molecular formula is C18H29NO3. The van der Waals surface area contributed by atoms with Crippen LogP contribution in [0.25, 0.3) is 0 Å². The van der Waals surface area contributed by atoms with Crippen molar-refractivity contribution in [2.24, 2.45) is 0 Å². The Morgan fingerprint density at radius 1 is 1.32 bits per heavy atom. The highest BCUT2D eigenvalue weighted by Gasteiger charge is 2.31. The number of ether oxygens (including phenoxy) is 2. The molecule has 1 N–H and O–H groups in total. The average Bonchev–Trinajstić information content (AvgIpc) is 2.49. The third kappa shape index (κ3) is 4.73. The highest BCUT2D eigenvalue weighted by Crippen LogP contribution is 2.25. The van der Waals surface area contributed by atoms with Crippen LogP contribution in [0, 0.1) is 6.92 Å². The van der Waals surface area contributed by atoms with Gasteiger partial charge >= 0.3 is 0 Å². The van der Waals surface area contributed by atoms with Crippen molar-refractivity contribution in [3.8, 4) is 5.75 Å². The standard InChI is InChI=1S/C18H29NO3/c1-7-14(5)22-16-11-10-15(12-13(16)4)19-17(20)18(6,8-2)21-9-3/h10-12,14H,7-9H2,1-6H3,(H,19,20)/t14-,18-/m0/s1. The summed E-state index contributed by atoms with van der Waals surface area (Å²) >= 11 is 0. The lowest BCUT2D eigenvalue weighted by Crippen LogP contribution is -2.42. The van der Waals surface area contributed by atoms with Crippen LogP contribution in [0.15, 0.2) is 18.2 Å². The monoisotopic (exact) mass is 307 g/mol. The molecule has 0 saturated heterocycles. The number of amides is 1. The van der Waals surface area contributed by atoms with Crippen LogP contribution in [0.4, 0.5) is 5.69 Å². The SMILES string of the molecule is CCO[C@@](C)(CC)C(=O)Nc1ccc(O[C@@H](C)CC)c(C)c1. The largest absolute Gasteiger partial charge is 0.490 e. The molecular weight excluding hydrogens is 278 g/mol. The smallest absolute Gasteiger partial charge is 0.256 e. The van der Waals surface area contributed by atoms with Gasteiger partial charge in [0, 0.05) is 12.3 Å². The Balaban J connectivity index is 2.82. The summed E-state index contributed by atoms with van der Waals surface area (Å²) in [6.45, 7) is 12.3. The van der Waals surface area contributed by atoms with E-state index < -0.39 is 5.60 Å². The summed E-state index contributed by atoms with van der Waals surface area (Å²) in [7, 11) is 0. The lowest BCUT2D eigenvalue weighted by molar-refractivity contribution is -0.139. The van der Waals surface area contributed by atoms with E-state index in [9.17, 15) is 4.79 Å². The molecule has 0 aliphatic carbocycles. The van der Waals surface area contributed by atoms with Gasteiger partial charge in [0.1, 0.15) is 11.4 Å². The van der Waals surface area contributed by atoms with Gasteiger partial charge in [-0.15, -0.1) is 0 Å². The van der Waals surface area contributed by atoms with Gasteiger partial charge in [0.25, 0.3) is 5.91 Å². The molecule has 0 bridgehead atoms. The molecule has 0 fully saturated rings. The fourth-order valence-corrected chi connectivity index (χ4v) is 2.07. The summed E-state index contributed by atoms with van der Waals surface area (Å²) < 4.78 is 11.4. The Morgan fingerprint density at radius 2 is 2.00 bits per heavy atom. The van der Waals surface area contributed by atoms with E-state index in [0.29, 0.717) is 13.0 Å². The maximum atomic E-state index is 12.4. The van der Waals surface area contributed by atoms with Crippen molar-refractivity contribution in [2.75, 3.05) is 11.9 Å². The van der Waals surface area contributed by atoms with Crippen LogP contribution in [-0.2, 0) is 9.53 Å². The van der Waals surface area contributed by atoms with Crippen LogP contribution in [0.5, 0.6) is 5.75 Å². The Hall–Kier alpha value is -1.55. The van der Waals surface area contributed by atoms with Crippen molar-refractivity contribution in [3.63, 3.8) is 0 Å². The molecule has 2 atom stereocenters. The van der Waals surface area contributed by atoms with Gasteiger partial charge < -0.3 is 14.8 Å². The van der Waals surface area contributed by atoms with Gasteiger partial charge in [-0.25, -0.2) is 0 Å². The van der Waals surface area contributed by atoms with E-state index in [4.69, 9.17) is 9.47 Å². The second-order valence-corrected chi connectivity index (χ2v) is 5.79. The highest BCUT2D eigenvalue weighted by molar-refractivity contribution is 5.97. The number of anilines is 1. The maximum Gasteiger partial charge on any atom is 0.256 e. The number of carbonyl (C=O) groups excluding carboxylic acids is 1. The van der Waals surface area contributed by atoms with Crippen LogP contribution in [0.3, 0.4) is 0 Å². The van der Waals surface area contributed by atoms with Gasteiger partial charge in [-0.3, -0.25) is 4.79 Å². The number of aryl methyl sites for hydroxylation is 1. The van der Waals surface area contributed by atoms with Crippen molar-refractivity contribution >= 4 is 11.6 Å². The molecule has 0 saturated carbocycles. The number of rotatable bonds is 8. The molecule has 1 aromatic carbocycles. The summed E-state index contributed by atoms with van der Waals surface area (Å²) in [6, 6.07) is 5.70. The first-order chi connectivity index (χ1) is 10.4. The van der Waals surface area contributed by atoms with E-state index in [0.717, 1.165) is 23.4 Å². The predicted octanol–water partition coefficient (Wildman–Crippen LogP) is 4.32. The summed E-state index contributed by atoms with van der Waals surface area (Å²) in [4.78, 5) is 12.4. The van der Waals surface area contributed by atoms with Gasteiger partial charge in [-0.05, 0) is 64.3 Å². The van der Waals surface area contributed by atoms with Gasteiger partial charge in [-0.2, -0.15) is 0 Å². The Labute approximate surface area is 134 Å². The molecule has 1 amide bonds. The maximum absolute atomic E-state index is 12.4. The molecule has 4 heteroatoms. The molecule has 1 rings (SSSR count). The number of benzene rings is 1. The molecule has 0 heterocycles. The molecule has 22 heavy (non-hydrogen) atoms. The second-order valence-electron chi connectivity index (χ2n) is 5.79. The van der Waals surface area contributed by atoms with E-state index in [1.807, 2.05) is 52.8 Å². The van der Waals surface area contributed by atoms with Crippen molar-refractivity contribution in [2.45, 2.75) is 66.1 Å². The molecule has 0 aromatic heterocycles. The minimum atomic E-state index is -0.797. The number of hydrogen-bond acceptors (Lipinski definition) is 3. The van der Waals surface area contributed by atoms with Crippen molar-refractivity contribution in [3.05, 3.63) is 23.8 Å². The quantitative estimate of drug-likeness (QED) is 0.778. The Bertz CT molecular complexity index is 501. The van der Waals surface area contributed by atoms with Crippen molar-refractivity contribution in [1.82, 2.24) is 0 Å². The van der Waals surface area contributed by atoms with Gasteiger partial charge in [0.15, 0.2) is 0 Å². The summed E-state index contributed by atoms with van der Waals surface area (Å²) in [6.07, 6.45) is 1.77. The van der Waals surface area contributed by atoms with Gasteiger partial charge in [0.2, 0.25) is 0 Å². The summed E-state index contributed by atoms with van der Waals surface area (Å²) in [5, 5.41) is 2.93. The average molecular weight is 307 g/mol. The van der Waals surface area contributed by atoms with Gasteiger partial charge in [-0.1, -0.05) is 13.8 Å². The third-order valence-electron chi connectivity index (χ3n) is 3.95. The van der Waals surface area contributed by atoms with E-state index in [-0.39, 0.29) is 12.0 Å². The summed E-state index contributed by atoms with van der Waals surface area (Å²) in [5.41, 5.74) is 0.972. The number of hydrogen-bond donors (Lipinski definition) is 1. The number of carbonyl (C=O) groups is 1. The van der Waals surface area contributed by atoms with Crippen LogP contribution in [0.1, 0.15) is 53.0 Å². The van der Waals surface area contributed by atoms with E-state index >= 15 is 0 Å². The molecule has 0 radical (unpaired) electrons. The van der Waals surface area contributed by atoms with E-state index in [2.05, 4.69) is 12.2 Å². The zero-order valence-electron chi connectivity index (χ0n) is 14.7. The van der Waals surface area contributed by atoms with E-state index in [1.165, 1.54) is 0 Å². The second kappa shape index (κ2) is 8.18. The van der Waals surface area contributed by atoms with Crippen molar-refractivity contribution < 1.29 is 14.3 Å². The van der Waals surface area contributed by atoms with E-state index in [1.54, 1.807) is 0 Å². The lowest BCUT2D eigenvalue weighted by Gasteiger charge is -2.27. The first-order valence-corrected chi connectivity index (χ1v) is 8.09. The molecule has 0 aliphatic heterocycles. The minimum Gasteiger partial charge on any atom is -0.490 e. The first kappa shape index (κ1) is 18.5. The van der Waals surface area contributed by atoms with Crippen molar-refractivity contribution in [1.29, 1.82) is 0 Å². The fourth-order valence-electron chi connectivity index (χ4n) is 2.07. The van der Waals surface area contributed by atoms with Gasteiger partial charge in [0.05, 0.1) is 6.10 Å². The Morgan fingerprint density at radius 3 is 2.50 bits per heavy atom. The normalized spacial score (nSPS) is 15.0. The molecule has 4 nitrogen and oxygen atoms in total.